The number of benzene rings is 1. The van der Waals surface area contributed by atoms with Crippen LogP contribution in [0.4, 0.5) is 4.39 Å². The molecule has 6 heteroatoms. The fraction of sp³-hybridized carbons (Fsp3) is 0.417. The van der Waals surface area contributed by atoms with Crippen LogP contribution >= 0.6 is 0 Å². The molecule has 0 heterocycles. The molecule has 0 saturated heterocycles. The molecule has 1 unspecified atom stereocenters. The van der Waals surface area contributed by atoms with E-state index in [0.29, 0.717) is 17.7 Å². The molecule has 0 saturated carbocycles. The monoisotopic (exact) mass is 256 g/mol. The van der Waals surface area contributed by atoms with E-state index in [1.807, 2.05) is 6.92 Å². The van der Waals surface area contributed by atoms with Gasteiger partial charge in [-0.1, -0.05) is 17.3 Å². The zero-order valence-corrected chi connectivity index (χ0v) is 10.4. The highest BCUT2D eigenvalue weighted by molar-refractivity contribution is 5.97. The molecule has 0 aromatic heterocycles. The topological polar surface area (TPSA) is 77.1 Å². The number of nitrogens with two attached hydrogens (primary N) is 1. The minimum absolute atomic E-state index is 0.113. The highest BCUT2D eigenvalue weighted by Crippen LogP contribution is 2.12. The smallest absolute Gasteiger partial charge is 0.170 e. The van der Waals surface area contributed by atoms with Gasteiger partial charge in [-0.3, -0.25) is 0 Å². The highest BCUT2D eigenvalue weighted by Gasteiger charge is 2.08. The van der Waals surface area contributed by atoms with Crippen LogP contribution in [0.1, 0.15) is 18.1 Å². The van der Waals surface area contributed by atoms with Crippen molar-refractivity contribution in [3.63, 3.8) is 0 Å². The van der Waals surface area contributed by atoms with Crippen molar-refractivity contribution in [2.45, 2.75) is 19.6 Å². The van der Waals surface area contributed by atoms with Gasteiger partial charge in [0, 0.05) is 18.2 Å². The van der Waals surface area contributed by atoms with Crippen molar-refractivity contribution < 1.29 is 19.1 Å². The van der Waals surface area contributed by atoms with Gasteiger partial charge in [0.05, 0.1) is 19.3 Å². The normalized spacial score (nSPS) is 13.6. The van der Waals surface area contributed by atoms with Gasteiger partial charge in [-0.25, -0.2) is 4.39 Å². The molecule has 18 heavy (non-hydrogen) atoms. The van der Waals surface area contributed by atoms with Gasteiger partial charge in [0.1, 0.15) is 5.82 Å². The van der Waals surface area contributed by atoms with Crippen LogP contribution in [0.3, 0.4) is 0 Å². The first-order valence-electron chi connectivity index (χ1n) is 5.45. The molecular weight excluding hydrogens is 239 g/mol. The van der Waals surface area contributed by atoms with Crippen LogP contribution < -0.4 is 5.73 Å². The van der Waals surface area contributed by atoms with Crippen LogP contribution in [0, 0.1) is 5.82 Å². The third-order valence-corrected chi connectivity index (χ3v) is 2.38. The average Bonchev–Trinajstić information content (AvgIpc) is 2.36. The molecule has 1 aromatic rings. The molecule has 0 fully saturated rings. The number of amidine groups is 1. The summed E-state index contributed by atoms with van der Waals surface area (Å²) in [5, 5.41) is 11.3. The van der Waals surface area contributed by atoms with Crippen LogP contribution in [0.25, 0.3) is 0 Å². The fourth-order valence-corrected chi connectivity index (χ4v) is 1.40. The van der Waals surface area contributed by atoms with Gasteiger partial charge in [-0.2, -0.15) is 0 Å². The summed E-state index contributed by atoms with van der Waals surface area (Å²) < 4.78 is 24.0. The molecule has 5 nitrogen and oxygen atoms in total. The molecule has 0 aliphatic carbocycles. The third kappa shape index (κ3) is 3.97. The standard InChI is InChI=1S/C12H17FN2O3/c1-8(6-17-2)18-7-10-4-3-9(5-11(10)13)12(14)15-16/h3-5,8,16H,6-7H2,1-2H3,(H2,14,15). The number of hydrogen-bond donors (Lipinski definition) is 2. The van der Waals surface area contributed by atoms with Gasteiger partial charge in [0.25, 0.3) is 0 Å². The minimum Gasteiger partial charge on any atom is -0.409 e. The number of oxime groups is 1. The number of hydrogen-bond acceptors (Lipinski definition) is 4. The molecule has 0 aliphatic rings. The summed E-state index contributed by atoms with van der Waals surface area (Å²) in [5.74, 6) is -0.585. The molecule has 0 radical (unpaired) electrons. The first-order valence-corrected chi connectivity index (χ1v) is 5.45. The summed E-state index contributed by atoms with van der Waals surface area (Å²) >= 11 is 0. The zero-order valence-electron chi connectivity index (χ0n) is 10.4. The maximum absolute atomic E-state index is 13.7. The second-order valence-corrected chi connectivity index (χ2v) is 3.87. The minimum atomic E-state index is -0.455. The maximum Gasteiger partial charge on any atom is 0.170 e. The van der Waals surface area contributed by atoms with Crippen LogP contribution in [0.2, 0.25) is 0 Å². The molecular formula is C12H17FN2O3. The molecule has 3 N–H and O–H groups in total. The second kappa shape index (κ2) is 6.93. The van der Waals surface area contributed by atoms with E-state index in [1.54, 1.807) is 19.2 Å². The van der Waals surface area contributed by atoms with Gasteiger partial charge in [-0.05, 0) is 13.0 Å². The van der Waals surface area contributed by atoms with Crippen molar-refractivity contribution in [2.24, 2.45) is 10.9 Å². The first kappa shape index (κ1) is 14.4. The Bertz CT molecular complexity index is 424. The van der Waals surface area contributed by atoms with E-state index >= 15 is 0 Å². The molecule has 1 atom stereocenters. The number of rotatable bonds is 6. The maximum atomic E-state index is 13.7. The van der Waals surface area contributed by atoms with E-state index in [-0.39, 0.29) is 18.5 Å². The van der Waals surface area contributed by atoms with Crippen molar-refractivity contribution in [1.29, 1.82) is 0 Å². The van der Waals surface area contributed by atoms with E-state index in [0.717, 1.165) is 0 Å². The second-order valence-electron chi connectivity index (χ2n) is 3.87. The number of nitrogens with zero attached hydrogens (tertiary/aromatic N) is 1. The molecule has 0 bridgehead atoms. The molecule has 0 spiro atoms. The van der Waals surface area contributed by atoms with Crippen LogP contribution in [-0.4, -0.2) is 30.9 Å². The fourth-order valence-electron chi connectivity index (χ4n) is 1.40. The lowest BCUT2D eigenvalue weighted by Crippen LogP contribution is -2.16. The van der Waals surface area contributed by atoms with Crippen LogP contribution in [-0.2, 0) is 16.1 Å². The summed E-state index contributed by atoms with van der Waals surface area (Å²) in [4.78, 5) is 0. The quantitative estimate of drug-likeness (QED) is 0.350. The van der Waals surface area contributed by atoms with E-state index in [1.165, 1.54) is 6.07 Å². The summed E-state index contributed by atoms with van der Waals surface area (Å²) in [7, 11) is 1.58. The summed E-state index contributed by atoms with van der Waals surface area (Å²) in [6, 6.07) is 4.31. The van der Waals surface area contributed by atoms with Crippen molar-refractivity contribution in [3.05, 3.63) is 35.1 Å². The predicted molar refractivity (Wildman–Crippen MR) is 65.0 cm³/mol. The number of halogens is 1. The van der Waals surface area contributed by atoms with E-state index < -0.39 is 5.82 Å². The van der Waals surface area contributed by atoms with Crippen LogP contribution in [0.15, 0.2) is 23.4 Å². The Morgan fingerprint density at radius 3 is 2.83 bits per heavy atom. The number of methoxy groups -OCH3 is 1. The summed E-state index contributed by atoms with van der Waals surface area (Å²) in [5.41, 5.74) is 6.09. The predicted octanol–water partition coefficient (Wildman–Crippen LogP) is 1.47. The van der Waals surface area contributed by atoms with E-state index in [2.05, 4.69) is 5.16 Å². The largest absolute Gasteiger partial charge is 0.409 e. The average molecular weight is 256 g/mol. The molecule has 100 valence electrons. The van der Waals surface area contributed by atoms with Gasteiger partial charge in [0.15, 0.2) is 5.84 Å². The Morgan fingerprint density at radius 1 is 1.56 bits per heavy atom. The lowest BCUT2D eigenvalue weighted by atomic mass is 10.1. The highest BCUT2D eigenvalue weighted by atomic mass is 19.1. The Balaban J connectivity index is 2.68. The van der Waals surface area contributed by atoms with Crippen molar-refractivity contribution in [1.82, 2.24) is 0 Å². The number of ether oxygens (including phenoxy) is 2. The molecule has 1 aromatic carbocycles. The Hall–Kier alpha value is -1.66. The SMILES string of the molecule is COCC(C)OCc1ccc(C(N)=NO)cc1F. The Morgan fingerprint density at radius 2 is 2.28 bits per heavy atom. The molecule has 0 amide bonds. The summed E-state index contributed by atoms with van der Waals surface area (Å²) in [6.45, 7) is 2.43. The lowest BCUT2D eigenvalue weighted by molar-refractivity contribution is -0.00110. The van der Waals surface area contributed by atoms with E-state index in [4.69, 9.17) is 20.4 Å². The van der Waals surface area contributed by atoms with Gasteiger partial charge >= 0.3 is 0 Å². The Labute approximate surface area is 105 Å². The Kier molecular flexibility index (Phi) is 5.54. The first-order chi connectivity index (χ1) is 8.58. The van der Waals surface area contributed by atoms with Gasteiger partial charge < -0.3 is 20.4 Å². The summed E-state index contributed by atoms with van der Waals surface area (Å²) in [6.07, 6.45) is -0.113. The van der Waals surface area contributed by atoms with E-state index in [9.17, 15) is 4.39 Å². The van der Waals surface area contributed by atoms with Gasteiger partial charge in [0.2, 0.25) is 0 Å². The van der Waals surface area contributed by atoms with Crippen molar-refractivity contribution >= 4 is 5.84 Å². The zero-order chi connectivity index (χ0) is 13.5. The third-order valence-electron chi connectivity index (χ3n) is 2.38. The molecule has 0 aliphatic heterocycles. The van der Waals surface area contributed by atoms with Crippen molar-refractivity contribution in [2.75, 3.05) is 13.7 Å². The van der Waals surface area contributed by atoms with Crippen molar-refractivity contribution in [3.8, 4) is 0 Å². The van der Waals surface area contributed by atoms with Gasteiger partial charge in [-0.15, -0.1) is 0 Å². The van der Waals surface area contributed by atoms with Crippen LogP contribution in [0.5, 0.6) is 0 Å². The lowest BCUT2D eigenvalue weighted by Gasteiger charge is -2.12. The molecule has 1 rings (SSSR count).